The molecule has 0 spiro atoms. The number of ether oxygens (including phenoxy) is 1. The Morgan fingerprint density at radius 3 is 2.73 bits per heavy atom. The molecule has 0 aromatic carbocycles. The van der Waals surface area contributed by atoms with Gasteiger partial charge in [-0.3, -0.25) is 15.1 Å². The molecule has 88 valence electrons. The first-order valence-electron chi connectivity index (χ1n) is 5.38. The van der Waals surface area contributed by atoms with E-state index in [-0.39, 0.29) is 17.9 Å². The van der Waals surface area contributed by atoms with Crippen LogP contribution in [0.1, 0.15) is 20.3 Å². The van der Waals surface area contributed by atoms with Gasteiger partial charge in [0.1, 0.15) is 0 Å². The number of hydrazine groups is 1. The normalized spacial score (nSPS) is 25.3. The number of nitrogens with one attached hydrogen (secondary N) is 1. The molecule has 0 saturated carbocycles. The molecule has 1 aliphatic heterocycles. The Morgan fingerprint density at radius 2 is 2.27 bits per heavy atom. The summed E-state index contributed by atoms with van der Waals surface area (Å²) in [7, 11) is 2.03. The lowest BCUT2D eigenvalue weighted by Gasteiger charge is -2.32. The largest absolute Gasteiger partial charge is 0.380 e. The van der Waals surface area contributed by atoms with Crippen LogP contribution in [0.5, 0.6) is 0 Å². The van der Waals surface area contributed by atoms with Crippen LogP contribution < -0.4 is 11.3 Å². The summed E-state index contributed by atoms with van der Waals surface area (Å²) in [5, 5.41) is 0. The summed E-state index contributed by atoms with van der Waals surface area (Å²) < 4.78 is 5.33. The van der Waals surface area contributed by atoms with Gasteiger partial charge in [-0.1, -0.05) is 6.92 Å². The Balaban J connectivity index is 2.50. The molecule has 0 bridgehead atoms. The molecule has 1 aliphatic rings. The number of carbonyl (C=O) groups is 1. The molecule has 1 heterocycles. The van der Waals surface area contributed by atoms with E-state index >= 15 is 0 Å². The van der Waals surface area contributed by atoms with E-state index in [2.05, 4.69) is 10.3 Å². The summed E-state index contributed by atoms with van der Waals surface area (Å²) in [4.78, 5) is 13.6. The minimum atomic E-state index is -0.117. The predicted molar refractivity (Wildman–Crippen MR) is 57.9 cm³/mol. The lowest BCUT2D eigenvalue weighted by atomic mass is 10.00. The lowest BCUT2D eigenvalue weighted by molar-refractivity contribution is -0.126. The molecule has 5 nitrogen and oxygen atoms in total. The van der Waals surface area contributed by atoms with Gasteiger partial charge in [-0.05, 0) is 20.4 Å². The smallest absolute Gasteiger partial charge is 0.238 e. The third-order valence-electron chi connectivity index (χ3n) is 3.40. The first-order valence-corrected chi connectivity index (χ1v) is 5.38. The Kier molecular flexibility index (Phi) is 4.50. The van der Waals surface area contributed by atoms with Crippen molar-refractivity contribution in [2.45, 2.75) is 32.4 Å². The maximum absolute atomic E-state index is 11.4. The highest BCUT2D eigenvalue weighted by Crippen LogP contribution is 2.17. The number of hydrogen-bond donors (Lipinski definition) is 2. The molecule has 0 aliphatic carbocycles. The summed E-state index contributed by atoms with van der Waals surface area (Å²) in [5.74, 6) is 4.89. The average Bonchev–Trinajstić information content (AvgIpc) is 2.78. The number of nitrogens with zero attached hydrogens (tertiary/aromatic N) is 1. The number of nitrogens with two attached hydrogens (primary N) is 1. The van der Waals surface area contributed by atoms with Gasteiger partial charge in [0.25, 0.3) is 0 Å². The zero-order valence-electron chi connectivity index (χ0n) is 9.69. The number of likely N-dealkylation sites (N-methyl/N-ethyl adjacent to an activating group) is 1. The molecule has 3 unspecified atom stereocenters. The van der Waals surface area contributed by atoms with E-state index in [1.165, 1.54) is 0 Å². The summed E-state index contributed by atoms with van der Waals surface area (Å²) in [6.07, 6.45) is 1.04. The van der Waals surface area contributed by atoms with Crippen LogP contribution in [0.3, 0.4) is 0 Å². The molecular formula is C10H21N3O2. The predicted octanol–water partition coefficient (Wildman–Crippen LogP) is -0.278. The van der Waals surface area contributed by atoms with Crippen molar-refractivity contribution in [1.29, 1.82) is 0 Å². The summed E-state index contributed by atoms with van der Waals surface area (Å²) in [5.41, 5.74) is 2.19. The van der Waals surface area contributed by atoms with Crippen LogP contribution in [0.25, 0.3) is 0 Å². The van der Waals surface area contributed by atoms with Gasteiger partial charge >= 0.3 is 0 Å². The van der Waals surface area contributed by atoms with Crippen molar-refractivity contribution in [2.24, 2.45) is 11.8 Å². The summed E-state index contributed by atoms with van der Waals surface area (Å²) >= 11 is 0. The Morgan fingerprint density at radius 1 is 1.60 bits per heavy atom. The monoisotopic (exact) mass is 215 g/mol. The molecule has 0 radical (unpaired) electrons. The van der Waals surface area contributed by atoms with E-state index in [1.807, 2.05) is 20.9 Å². The van der Waals surface area contributed by atoms with Crippen LogP contribution >= 0.6 is 0 Å². The molecule has 1 rings (SSSR count). The standard InChI is InChI=1S/C10H21N3O2/c1-7(10(14)12-11)8(2)13(3)9-4-5-15-6-9/h7-9H,4-6,11H2,1-3H3,(H,12,14). The van der Waals surface area contributed by atoms with E-state index < -0.39 is 0 Å². The van der Waals surface area contributed by atoms with Gasteiger partial charge in [-0.25, -0.2) is 5.84 Å². The van der Waals surface area contributed by atoms with Crippen LogP contribution in [0, 0.1) is 5.92 Å². The van der Waals surface area contributed by atoms with Crippen LogP contribution in [-0.4, -0.2) is 43.2 Å². The first kappa shape index (κ1) is 12.4. The van der Waals surface area contributed by atoms with Gasteiger partial charge < -0.3 is 4.74 Å². The molecular weight excluding hydrogens is 194 g/mol. The second-order valence-electron chi connectivity index (χ2n) is 4.22. The molecule has 1 saturated heterocycles. The van der Waals surface area contributed by atoms with Crippen LogP contribution in [-0.2, 0) is 9.53 Å². The summed E-state index contributed by atoms with van der Waals surface area (Å²) in [6.45, 7) is 5.51. The minimum Gasteiger partial charge on any atom is -0.380 e. The van der Waals surface area contributed by atoms with Crippen molar-refractivity contribution >= 4 is 5.91 Å². The van der Waals surface area contributed by atoms with Gasteiger partial charge in [-0.2, -0.15) is 0 Å². The van der Waals surface area contributed by atoms with E-state index in [1.54, 1.807) is 0 Å². The number of hydrogen-bond acceptors (Lipinski definition) is 4. The van der Waals surface area contributed by atoms with Crippen molar-refractivity contribution in [1.82, 2.24) is 10.3 Å². The Labute approximate surface area is 90.9 Å². The fourth-order valence-corrected chi connectivity index (χ4v) is 1.88. The van der Waals surface area contributed by atoms with Crippen molar-refractivity contribution in [2.75, 3.05) is 20.3 Å². The van der Waals surface area contributed by atoms with Crippen LogP contribution in [0.4, 0.5) is 0 Å². The minimum absolute atomic E-state index is 0.111. The van der Waals surface area contributed by atoms with E-state index in [0.29, 0.717) is 6.04 Å². The molecule has 5 heteroatoms. The molecule has 1 fully saturated rings. The van der Waals surface area contributed by atoms with Gasteiger partial charge in [-0.15, -0.1) is 0 Å². The third-order valence-corrected chi connectivity index (χ3v) is 3.40. The van der Waals surface area contributed by atoms with Crippen molar-refractivity contribution in [3.8, 4) is 0 Å². The molecule has 0 aromatic rings. The molecule has 1 amide bonds. The number of carbonyl (C=O) groups excluding carboxylic acids is 1. The third kappa shape index (κ3) is 2.90. The highest BCUT2D eigenvalue weighted by atomic mass is 16.5. The second-order valence-corrected chi connectivity index (χ2v) is 4.22. The number of rotatable bonds is 4. The van der Waals surface area contributed by atoms with Crippen molar-refractivity contribution in [3.05, 3.63) is 0 Å². The second kappa shape index (κ2) is 5.44. The fourth-order valence-electron chi connectivity index (χ4n) is 1.88. The Bertz CT molecular complexity index is 217. The maximum Gasteiger partial charge on any atom is 0.238 e. The zero-order chi connectivity index (χ0) is 11.4. The van der Waals surface area contributed by atoms with Crippen molar-refractivity contribution in [3.63, 3.8) is 0 Å². The molecule has 3 atom stereocenters. The van der Waals surface area contributed by atoms with E-state index in [4.69, 9.17) is 10.6 Å². The number of amides is 1. The molecule has 0 aromatic heterocycles. The highest BCUT2D eigenvalue weighted by molar-refractivity contribution is 5.78. The zero-order valence-corrected chi connectivity index (χ0v) is 9.69. The van der Waals surface area contributed by atoms with Crippen LogP contribution in [0.2, 0.25) is 0 Å². The first-order chi connectivity index (χ1) is 7.07. The van der Waals surface area contributed by atoms with Crippen molar-refractivity contribution < 1.29 is 9.53 Å². The lowest BCUT2D eigenvalue weighted by Crippen LogP contribution is -2.48. The Hall–Kier alpha value is -0.650. The van der Waals surface area contributed by atoms with Gasteiger partial charge in [0, 0.05) is 18.7 Å². The van der Waals surface area contributed by atoms with Gasteiger partial charge in [0.15, 0.2) is 0 Å². The SMILES string of the molecule is CC(C(=O)NN)C(C)N(C)C1CCOC1. The summed E-state index contributed by atoms with van der Waals surface area (Å²) in [6, 6.07) is 0.591. The van der Waals surface area contributed by atoms with E-state index in [9.17, 15) is 4.79 Å². The molecule has 15 heavy (non-hydrogen) atoms. The average molecular weight is 215 g/mol. The highest BCUT2D eigenvalue weighted by Gasteiger charge is 2.29. The topological polar surface area (TPSA) is 67.6 Å². The maximum atomic E-state index is 11.4. The van der Waals surface area contributed by atoms with E-state index in [0.717, 1.165) is 19.6 Å². The van der Waals surface area contributed by atoms with Gasteiger partial charge in [0.05, 0.1) is 12.5 Å². The van der Waals surface area contributed by atoms with Gasteiger partial charge in [0.2, 0.25) is 5.91 Å². The van der Waals surface area contributed by atoms with Crippen LogP contribution in [0.15, 0.2) is 0 Å². The molecule has 3 N–H and O–H groups in total. The quantitative estimate of drug-likeness (QED) is 0.384. The fraction of sp³-hybridized carbons (Fsp3) is 0.900.